The van der Waals surface area contributed by atoms with E-state index in [1.165, 1.54) is 10.5 Å². The Hall–Kier alpha value is -3.96. The molecule has 1 aliphatic heterocycles. The van der Waals surface area contributed by atoms with Gasteiger partial charge in [0.1, 0.15) is 28.6 Å². The first-order chi connectivity index (χ1) is 15.5. The summed E-state index contributed by atoms with van der Waals surface area (Å²) in [6.07, 6.45) is 4.54. The van der Waals surface area contributed by atoms with E-state index < -0.39 is 11.5 Å². The third-order valence-electron chi connectivity index (χ3n) is 5.11. The molecule has 0 aliphatic carbocycles. The van der Waals surface area contributed by atoms with Crippen LogP contribution in [-0.4, -0.2) is 34.5 Å². The number of ether oxygens (including phenoxy) is 2. The first kappa shape index (κ1) is 21.3. The van der Waals surface area contributed by atoms with Gasteiger partial charge in [-0.2, -0.15) is 10.2 Å². The average molecular weight is 430 g/mol. The highest BCUT2D eigenvalue weighted by atomic mass is 16.5. The van der Waals surface area contributed by atoms with Gasteiger partial charge in [0.05, 0.1) is 6.10 Å². The topological polar surface area (TPSA) is 106 Å². The van der Waals surface area contributed by atoms with Gasteiger partial charge in [0.2, 0.25) is 5.88 Å². The van der Waals surface area contributed by atoms with Crippen LogP contribution in [0.1, 0.15) is 24.0 Å². The molecule has 1 aliphatic rings. The fourth-order valence-corrected chi connectivity index (χ4v) is 3.47. The maximum absolute atomic E-state index is 13.2. The van der Waals surface area contributed by atoms with Gasteiger partial charge in [0.25, 0.3) is 11.5 Å². The summed E-state index contributed by atoms with van der Waals surface area (Å²) >= 11 is 0. The Morgan fingerprint density at radius 2 is 2.25 bits per heavy atom. The summed E-state index contributed by atoms with van der Waals surface area (Å²) in [6, 6.07) is 14.3. The second-order valence-electron chi connectivity index (χ2n) is 7.50. The van der Waals surface area contributed by atoms with Crippen LogP contribution in [0.2, 0.25) is 0 Å². The van der Waals surface area contributed by atoms with E-state index in [9.17, 15) is 14.9 Å². The monoisotopic (exact) mass is 430 g/mol. The molecule has 1 atom stereocenters. The molecule has 3 heterocycles. The normalized spacial score (nSPS) is 16.0. The summed E-state index contributed by atoms with van der Waals surface area (Å²) in [6.45, 7) is 2.89. The summed E-state index contributed by atoms with van der Waals surface area (Å²) < 4.78 is 12.8. The Labute approximate surface area is 184 Å². The molecule has 0 spiro atoms. The van der Waals surface area contributed by atoms with Gasteiger partial charge in [-0.25, -0.2) is 0 Å². The van der Waals surface area contributed by atoms with E-state index in [1.807, 2.05) is 31.2 Å². The zero-order valence-electron chi connectivity index (χ0n) is 17.6. The van der Waals surface area contributed by atoms with Crippen molar-refractivity contribution in [1.82, 2.24) is 14.7 Å². The number of pyridine rings is 1. The van der Waals surface area contributed by atoms with Crippen molar-refractivity contribution in [2.45, 2.75) is 25.9 Å². The minimum Gasteiger partial charge on any atom is -0.438 e. The summed E-state index contributed by atoms with van der Waals surface area (Å²) in [5.74, 6) is -0.0679. The molecule has 8 nitrogen and oxygen atoms in total. The fraction of sp³-hybridized carbons (Fsp3) is 0.250. The standard InChI is InChI=1S/C24H22N4O4/c1-16-6-4-7-18(12-16)32-23-20(24(30)28-10-3-2-9-21(28)27-23)13-17(14-25)22(29)26-15-19-8-5-11-31-19/h2-4,6-7,9-10,12-13,19H,5,8,11,15H2,1H3,(H,26,29)/b17-13+. The van der Waals surface area contributed by atoms with Crippen LogP contribution in [0.25, 0.3) is 11.7 Å². The van der Waals surface area contributed by atoms with Crippen LogP contribution in [0.3, 0.4) is 0 Å². The zero-order chi connectivity index (χ0) is 22.5. The maximum Gasteiger partial charge on any atom is 0.269 e. The molecule has 1 amide bonds. The largest absolute Gasteiger partial charge is 0.438 e. The smallest absolute Gasteiger partial charge is 0.269 e. The molecule has 4 rings (SSSR count). The second-order valence-corrected chi connectivity index (χ2v) is 7.50. The van der Waals surface area contributed by atoms with Gasteiger partial charge >= 0.3 is 0 Å². The number of nitrogens with zero attached hydrogens (tertiary/aromatic N) is 3. The van der Waals surface area contributed by atoms with Gasteiger partial charge in [-0.15, -0.1) is 0 Å². The van der Waals surface area contributed by atoms with Crippen LogP contribution in [0, 0.1) is 18.3 Å². The molecule has 2 aromatic heterocycles. The SMILES string of the molecule is Cc1cccc(Oc2nc3ccccn3c(=O)c2/C=C(\C#N)C(=O)NCC2CCCO2)c1. The van der Waals surface area contributed by atoms with Gasteiger partial charge in [-0.3, -0.25) is 14.0 Å². The molecule has 0 saturated carbocycles. The molecular formula is C24H22N4O4. The van der Waals surface area contributed by atoms with Crippen molar-refractivity contribution in [2.24, 2.45) is 0 Å². The van der Waals surface area contributed by atoms with Gasteiger partial charge in [0.15, 0.2) is 0 Å². The quantitative estimate of drug-likeness (QED) is 0.476. The summed E-state index contributed by atoms with van der Waals surface area (Å²) in [7, 11) is 0. The lowest BCUT2D eigenvalue weighted by molar-refractivity contribution is -0.117. The number of aromatic nitrogens is 2. The van der Waals surface area contributed by atoms with Crippen LogP contribution < -0.4 is 15.6 Å². The van der Waals surface area contributed by atoms with Crippen LogP contribution in [0.15, 0.2) is 59.0 Å². The van der Waals surface area contributed by atoms with Crippen molar-refractivity contribution in [3.8, 4) is 17.7 Å². The number of carbonyl (C=O) groups is 1. The number of carbonyl (C=O) groups excluding carboxylic acids is 1. The minimum absolute atomic E-state index is 0.0130. The molecule has 1 saturated heterocycles. The Bertz CT molecular complexity index is 1280. The number of nitriles is 1. The van der Waals surface area contributed by atoms with Crippen molar-refractivity contribution >= 4 is 17.6 Å². The molecule has 162 valence electrons. The van der Waals surface area contributed by atoms with E-state index in [4.69, 9.17) is 9.47 Å². The fourth-order valence-electron chi connectivity index (χ4n) is 3.47. The third kappa shape index (κ3) is 4.68. The number of amides is 1. The highest BCUT2D eigenvalue weighted by molar-refractivity contribution is 6.01. The van der Waals surface area contributed by atoms with Gasteiger partial charge in [0, 0.05) is 19.3 Å². The lowest BCUT2D eigenvalue weighted by Gasteiger charge is -2.12. The molecule has 1 N–H and O–H groups in total. The van der Waals surface area contributed by atoms with Gasteiger partial charge in [-0.1, -0.05) is 18.2 Å². The van der Waals surface area contributed by atoms with Crippen molar-refractivity contribution in [3.63, 3.8) is 0 Å². The summed E-state index contributed by atoms with van der Waals surface area (Å²) in [5, 5.41) is 12.3. The molecular weight excluding hydrogens is 408 g/mol. The molecule has 1 aromatic carbocycles. The van der Waals surface area contributed by atoms with Crippen LogP contribution in [0.5, 0.6) is 11.6 Å². The molecule has 0 radical (unpaired) electrons. The van der Waals surface area contributed by atoms with E-state index in [1.54, 1.807) is 30.5 Å². The van der Waals surface area contributed by atoms with E-state index in [-0.39, 0.29) is 23.1 Å². The number of fused-ring (bicyclic) bond motifs is 1. The number of hydrogen-bond donors (Lipinski definition) is 1. The number of aryl methyl sites for hydroxylation is 1. The molecule has 1 unspecified atom stereocenters. The molecule has 8 heteroatoms. The lowest BCUT2D eigenvalue weighted by Crippen LogP contribution is -2.32. The van der Waals surface area contributed by atoms with Crippen LogP contribution in [0.4, 0.5) is 0 Å². The van der Waals surface area contributed by atoms with Gasteiger partial charge in [-0.05, 0) is 55.7 Å². The van der Waals surface area contributed by atoms with Crippen LogP contribution >= 0.6 is 0 Å². The summed E-state index contributed by atoms with van der Waals surface area (Å²) in [4.78, 5) is 30.2. The predicted octanol–water partition coefficient (Wildman–Crippen LogP) is 3.00. The maximum atomic E-state index is 13.2. The van der Waals surface area contributed by atoms with Crippen molar-refractivity contribution in [3.05, 3.63) is 75.7 Å². The van der Waals surface area contributed by atoms with Crippen LogP contribution in [-0.2, 0) is 9.53 Å². The predicted molar refractivity (Wildman–Crippen MR) is 118 cm³/mol. The summed E-state index contributed by atoms with van der Waals surface area (Å²) in [5.41, 5.74) is 0.714. The van der Waals surface area contributed by atoms with Crippen molar-refractivity contribution in [1.29, 1.82) is 5.26 Å². The molecule has 1 fully saturated rings. The number of hydrogen-bond acceptors (Lipinski definition) is 6. The molecule has 0 bridgehead atoms. The van der Waals surface area contributed by atoms with Crippen molar-refractivity contribution in [2.75, 3.05) is 13.2 Å². The zero-order valence-corrected chi connectivity index (χ0v) is 17.6. The van der Waals surface area contributed by atoms with E-state index in [0.717, 1.165) is 18.4 Å². The first-order valence-corrected chi connectivity index (χ1v) is 10.3. The first-order valence-electron chi connectivity index (χ1n) is 10.3. The third-order valence-corrected chi connectivity index (χ3v) is 5.11. The Morgan fingerprint density at radius 3 is 3.00 bits per heavy atom. The van der Waals surface area contributed by atoms with E-state index in [2.05, 4.69) is 10.3 Å². The number of rotatable bonds is 6. The lowest BCUT2D eigenvalue weighted by atomic mass is 10.1. The average Bonchev–Trinajstić information content (AvgIpc) is 3.31. The van der Waals surface area contributed by atoms with Crippen molar-refractivity contribution < 1.29 is 14.3 Å². The number of nitrogens with one attached hydrogen (secondary N) is 1. The van der Waals surface area contributed by atoms with E-state index >= 15 is 0 Å². The minimum atomic E-state index is -0.581. The highest BCUT2D eigenvalue weighted by Gasteiger charge is 2.20. The molecule has 3 aromatic rings. The Morgan fingerprint density at radius 1 is 1.38 bits per heavy atom. The number of benzene rings is 1. The highest BCUT2D eigenvalue weighted by Crippen LogP contribution is 2.24. The van der Waals surface area contributed by atoms with E-state index in [0.29, 0.717) is 24.5 Å². The Balaban J connectivity index is 1.73. The Kier molecular flexibility index (Phi) is 6.29. The second kappa shape index (κ2) is 9.45. The molecule has 32 heavy (non-hydrogen) atoms. The van der Waals surface area contributed by atoms with Gasteiger partial charge < -0.3 is 14.8 Å².